The van der Waals surface area contributed by atoms with Crippen molar-refractivity contribution in [2.45, 2.75) is 18.3 Å². The fourth-order valence-electron chi connectivity index (χ4n) is 1.92. The van der Waals surface area contributed by atoms with Crippen molar-refractivity contribution in [1.82, 2.24) is 5.32 Å². The van der Waals surface area contributed by atoms with E-state index in [0.29, 0.717) is 5.41 Å². The van der Waals surface area contributed by atoms with Gasteiger partial charge in [-0.3, -0.25) is 4.79 Å². The van der Waals surface area contributed by atoms with Gasteiger partial charge in [-0.2, -0.15) is 0 Å². The van der Waals surface area contributed by atoms with Crippen molar-refractivity contribution in [3.63, 3.8) is 0 Å². The number of amides is 1. The van der Waals surface area contributed by atoms with Gasteiger partial charge in [0.2, 0.25) is 0 Å². The van der Waals surface area contributed by atoms with E-state index in [2.05, 4.69) is 11.4 Å². The van der Waals surface area contributed by atoms with Crippen LogP contribution in [0.15, 0.2) is 11.4 Å². The maximum Gasteiger partial charge on any atom is 0.261 e. The first kappa shape index (κ1) is 6.66. The predicted octanol–water partition coefficient (Wildman–Crippen LogP) is 1.52. The average molecular weight is 179 g/mol. The molecule has 1 amide bonds. The lowest BCUT2D eigenvalue weighted by molar-refractivity contribution is 0.0942. The molecular weight excluding hydrogens is 170 g/mol. The Hall–Kier alpha value is -0.830. The molecule has 1 N–H and O–H groups in total. The summed E-state index contributed by atoms with van der Waals surface area (Å²) in [5.41, 5.74) is 1.65. The van der Waals surface area contributed by atoms with E-state index >= 15 is 0 Å². The van der Waals surface area contributed by atoms with Gasteiger partial charge in [0.15, 0.2) is 0 Å². The molecule has 2 nitrogen and oxygen atoms in total. The molecule has 1 fully saturated rings. The van der Waals surface area contributed by atoms with E-state index in [4.69, 9.17) is 0 Å². The molecule has 2 heterocycles. The Morgan fingerprint density at radius 2 is 2.33 bits per heavy atom. The number of carbonyl (C=O) groups is 1. The molecule has 0 unspecified atom stereocenters. The summed E-state index contributed by atoms with van der Waals surface area (Å²) >= 11 is 1.56. The highest BCUT2D eigenvalue weighted by atomic mass is 32.1. The SMILES string of the molecule is O=C1NCC2(CC2)c2ccsc21. The summed E-state index contributed by atoms with van der Waals surface area (Å²) < 4.78 is 0. The third kappa shape index (κ3) is 0.672. The third-order valence-electron chi connectivity index (χ3n) is 2.88. The lowest BCUT2D eigenvalue weighted by Gasteiger charge is -2.21. The molecule has 1 saturated carbocycles. The zero-order valence-electron chi connectivity index (χ0n) is 6.59. The van der Waals surface area contributed by atoms with Gasteiger partial charge in [-0.25, -0.2) is 0 Å². The zero-order chi connectivity index (χ0) is 8.18. The van der Waals surface area contributed by atoms with E-state index in [-0.39, 0.29) is 5.91 Å². The highest BCUT2D eigenvalue weighted by Crippen LogP contribution is 2.51. The number of nitrogens with one attached hydrogen (secondary N) is 1. The lowest BCUT2D eigenvalue weighted by atomic mass is 9.93. The number of thiophene rings is 1. The predicted molar refractivity (Wildman–Crippen MR) is 47.6 cm³/mol. The van der Waals surface area contributed by atoms with Crippen LogP contribution in [0.4, 0.5) is 0 Å². The van der Waals surface area contributed by atoms with Crippen molar-refractivity contribution in [3.8, 4) is 0 Å². The van der Waals surface area contributed by atoms with Crippen LogP contribution in [0.5, 0.6) is 0 Å². The first-order valence-corrected chi connectivity index (χ1v) is 5.06. The molecule has 1 aromatic rings. The molecule has 1 spiro atoms. The van der Waals surface area contributed by atoms with Gasteiger partial charge in [0.25, 0.3) is 5.91 Å². The van der Waals surface area contributed by atoms with Crippen LogP contribution in [0.1, 0.15) is 28.1 Å². The largest absolute Gasteiger partial charge is 0.350 e. The fraction of sp³-hybridized carbons (Fsp3) is 0.444. The molecule has 1 aromatic heterocycles. The number of hydrogen-bond acceptors (Lipinski definition) is 2. The molecular formula is C9H9NOS. The van der Waals surface area contributed by atoms with E-state index in [1.807, 2.05) is 5.38 Å². The summed E-state index contributed by atoms with van der Waals surface area (Å²) in [6, 6.07) is 2.12. The van der Waals surface area contributed by atoms with Crippen LogP contribution in [0.25, 0.3) is 0 Å². The Labute approximate surface area is 74.6 Å². The molecule has 3 rings (SSSR count). The molecule has 0 saturated heterocycles. The fourth-order valence-corrected chi connectivity index (χ4v) is 2.86. The molecule has 12 heavy (non-hydrogen) atoms. The van der Waals surface area contributed by atoms with E-state index in [9.17, 15) is 4.79 Å². The van der Waals surface area contributed by atoms with E-state index in [1.54, 1.807) is 11.3 Å². The average Bonchev–Trinajstić information content (AvgIpc) is 2.64. The molecule has 62 valence electrons. The van der Waals surface area contributed by atoms with Gasteiger partial charge < -0.3 is 5.32 Å². The van der Waals surface area contributed by atoms with Crippen molar-refractivity contribution in [1.29, 1.82) is 0 Å². The molecule has 0 aromatic carbocycles. The first-order valence-electron chi connectivity index (χ1n) is 4.18. The Kier molecular flexibility index (Phi) is 1.06. The second kappa shape index (κ2) is 1.91. The Morgan fingerprint density at radius 1 is 1.50 bits per heavy atom. The van der Waals surface area contributed by atoms with Crippen molar-refractivity contribution < 1.29 is 4.79 Å². The van der Waals surface area contributed by atoms with Gasteiger partial charge in [0.1, 0.15) is 0 Å². The van der Waals surface area contributed by atoms with Crippen LogP contribution >= 0.6 is 11.3 Å². The first-order chi connectivity index (χ1) is 5.82. The van der Waals surface area contributed by atoms with Crippen LogP contribution in [-0.2, 0) is 5.41 Å². The monoisotopic (exact) mass is 179 g/mol. The minimum atomic E-state index is 0.123. The molecule has 3 heteroatoms. The quantitative estimate of drug-likeness (QED) is 0.643. The van der Waals surface area contributed by atoms with Crippen LogP contribution in [0.3, 0.4) is 0 Å². The summed E-state index contributed by atoms with van der Waals surface area (Å²) in [5, 5.41) is 4.97. The third-order valence-corrected chi connectivity index (χ3v) is 3.80. The Morgan fingerprint density at radius 3 is 3.08 bits per heavy atom. The normalized spacial score (nSPS) is 23.5. The number of rotatable bonds is 0. The minimum Gasteiger partial charge on any atom is -0.350 e. The topological polar surface area (TPSA) is 29.1 Å². The number of carbonyl (C=O) groups excluding carboxylic acids is 1. The highest BCUT2D eigenvalue weighted by Gasteiger charge is 2.49. The van der Waals surface area contributed by atoms with Crippen LogP contribution in [-0.4, -0.2) is 12.5 Å². The molecule has 2 aliphatic rings. The van der Waals surface area contributed by atoms with Crippen molar-refractivity contribution >= 4 is 17.2 Å². The second-order valence-electron chi connectivity index (χ2n) is 3.63. The maximum absolute atomic E-state index is 11.4. The van der Waals surface area contributed by atoms with Crippen molar-refractivity contribution in [2.24, 2.45) is 0 Å². The minimum absolute atomic E-state index is 0.123. The standard InChI is InChI=1S/C9H9NOS/c11-8-7-6(1-4-12-7)9(2-3-9)5-10-8/h1,4H,2-3,5H2,(H,10,11). The van der Waals surface area contributed by atoms with Crippen molar-refractivity contribution in [3.05, 3.63) is 21.9 Å². The summed E-state index contributed by atoms with van der Waals surface area (Å²) in [6.07, 6.45) is 2.49. The zero-order valence-corrected chi connectivity index (χ0v) is 7.41. The number of fused-ring (bicyclic) bond motifs is 2. The Balaban J connectivity index is 2.20. The highest BCUT2D eigenvalue weighted by molar-refractivity contribution is 7.12. The van der Waals surface area contributed by atoms with Crippen LogP contribution in [0, 0.1) is 0 Å². The van der Waals surface area contributed by atoms with Crippen LogP contribution in [0.2, 0.25) is 0 Å². The lowest BCUT2D eigenvalue weighted by Crippen LogP contribution is -2.37. The van der Waals surface area contributed by atoms with Crippen LogP contribution < -0.4 is 5.32 Å². The van der Waals surface area contributed by atoms with Gasteiger partial charge in [-0.05, 0) is 29.9 Å². The molecule has 0 radical (unpaired) electrons. The van der Waals surface area contributed by atoms with E-state index < -0.39 is 0 Å². The van der Waals surface area contributed by atoms with Gasteiger partial charge in [0, 0.05) is 12.0 Å². The summed E-state index contributed by atoms with van der Waals surface area (Å²) in [6.45, 7) is 0.857. The van der Waals surface area contributed by atoms with Gasteiger partial charge >= 0.3 is 0 Å². The number of hydrogen-bond donors (Lipinski definition) is 1. The summed E-state index contributed by atoms with van der Waals surface area (Å²) in [4.78, 5) is 12.3. The molecule has 0 bridgehead atoms. The second-order valence-corrected chi connectivity index (χ2v) is 4.54. The molecule has 0 atom stereocenters. The van der Waals surface area contributed by atoms with E-state index in [0.717, 1.165) is 11.4 Å². The van der Waals surface area contributed by atoms with Gasteiger partial charge in [0.05, 0.1) is 4.88 Å². The van der Waals surface area contributed by atoms with Gasteiger partial charge in [-0.15, -0.1) is 11.3 Å². The summed E-state index contributed by atoms with van der Waals surface area (Å²) in [5.74, 6) is 0.123. The van der Waals surface area contributed by atoms with Crippen molar-refractivity contribution in [2.75, 3.05) is 6.54 Å². The molecule has 1 aliphatic carbocycles. The maximum atomic E-state index is 11.4. The molecule has 1 aliphatic heterocycles. The Bertz CT molecular complexity index is 351. The smallest absolute Gasteiger partial charge is 0.261 e. The van der Waals surface area contributed by atoms with E-state index in [1.165, 1.54) is 18.4 Å². The van der Waals surface area contributed by atoms with Gasteiger partial charge in [-0.1, -0.05) is 0 Å². The summed E-state index contributed by atoms with van der Waals surface area (Å²) in [7, 11) is 0.